The van der Waals surface area contributed by atoms with Crippen molar-refractivity contribution < 1.29 is 4.74 Å². The van der Waals surface area contributed by atoms with Gasteiger partial charge in [-0.1, -0.05) is 19.3 Å². The van der Waals surface area contributed by atoms with Gasteiger partial charge in [0.15, 0.2) is 0 Å². The number of hydrogen-bond acceptors (Lipinski definition) is 3. The molecule has 1 heterocycles. The van der Waals surface area contributed by atoms with Crippen molar-refractivity contribution in [3.05, 3.63) is 22.9 Å². The van der Waals surface area contributed by atoms with Gasteiger partial charge in [-0.3, -0.25) is 0 Å². The molecule has 0 spiro atoms. The first-order chi connectivity index (χ1) is 9.72. The first-order valence-corrected chi connectivity index (χ1v) is 8.05. The molecule has 0 radical (unpaired) electrons. The van der Waals surface area contributed by atoms with Crippen molar-refractivity contribution in [2.45, 2.75) is 65.0 Å². The number of nitrogens with zero attached hydrogens (tertiary/aromatic N) is 1. The van der Waals surface area contributed by atoms with Crippen molar-refractivity contribution in [3.63, 3.8) is 0 Å². The number of nitrogens with one attached hydrogen (secondary N) is 1. The Balaban J connectivity index is 1.61. The van der Waals surface area contributed by atoms with E-state index in [1.165, 1.54) is 49.7 Å². The summed E-state index contributed by atoms with van der Waals surface area (Å²) in [6.07, 6.45) is 8.00. The Morgan fingerprint density at radius 1 is 1.25 bits per heavy atom. The summed E-state index contributed by atoms with van der Waals surface area (Å²) in [6, 6.07) is 2.88. The molecule has 0 atom stereocenters. The van der Waals surface area contributed by atoms with Gasteiger partial charge in [-0.2, -0.15) is 0 Å². The maximum atomic E-state index is 6.01. The van der Waals surface area contributed by atoms with Crippen LogP contribution in [0, 0.1) is 19.8 Å². The second-order valence-electron chi connectivity index (χ2n) is 6.45. The SMILES string of the molecule is Cc1cc(C)c(CNC2CC2)c(OCCC2CCC2)n1. The number of aryl methyl sites for hydroxylation is 2. The van der Waals surface area contributed by atoms with E-state index in [4.69, 9.17) is 4.74 Å². The Hall–Kier alpha value is -1.09. The van der Waals surface area contributed by atoms with Gasteiger partial charge in [0.05, 0.1) is 6.61 Å². The molecule has 0 unspecified atom stereocenters. The third-order valence-corrected chi connectivity index (χ3v) is 4.57. The van der Waals surface area contributed by atoms with Crippen LogP contribution in [0.4, 0.5) is 0 Å². The molecule has 0 amide bonds. The molecule has 2 saturated carbocycles. The molecule has 20 heavy (non-hydrogen) atoms. The molecule has 1 aromatic rings. The topological polar surface area (TPSA) is 34.1 Å². The van der Waals surface area contributed by atoms with Gasteiger partial charge in [-0.15, -0.1) is 0 Å². The molecule has 0 saturated heterocycles. The van der Waals surface area contributed by atoms with E-state index in [2.05, 4.69) is 23.3 Å². The van der Waals surface area contributed by atoms with E-state index in [1.807, 2.05) is 6.92 Å². The Morgan fingerprint density at radius 3 is 2.70 bits per heavy atom. The lowest BCUT2D eigenvalue weighted by atomic mass is 9.83. The average molecular weight is 274 g/mol. The molecule has 0 aliphatic heterocycles. The molecular weight excluding hydrogens is 248 g/mol. The summed E-state index contributed by atoms with van der Waals surface area (Å²) in [6.45, 7) is 5.92. The fourth-order valence-electron chi connectivity index (χ4n) is 2.80. The minimum absolute atomic E-state index is 0.721. The highest BCUT2D eigenvalue weighted by molar-refractivity contribution is 5.36. The van der Waals surface area contributed by atoms with Crippen molar-refractivity contribution in [2.24, 2.45) is 5.92 Å². The molecule has 1 N–H and O–H groups in total. The Morgan fingerprint density at radius 2 is 2.05 bits per heavy atom. The lowest BCUT2D eigenvalue weighted by molar-refractivity contribution is 0.215. The highest BCUT2D eigenvalue weighted by Gasteiger charge is 2.22. The summed E-state index contributed by atoms with van der Waals surface area (Å²) in [7, 11) is 0. The zero-order valence-corrected chi connectivity index (χ0v) is 12.7. The second-order valence-corrected chi connectivity index (χ2v) is 6.45. The number of aromatic nitrogens is 1. The number of hydrogen-bond donors (Lipinski definition) is 1. The smallest absolute Gasteiger partial charge is 0.218 e. The normalized spacial score (nSPS) is 18.9. The summed E-state index contributed by atoms with van der Waals surface area (Å²) in [4.78, 5) is 4.61. The van der Waals surface area contributed by atoms with Crippen LogP contribution in [0.3, 0.4) is 0 Å². The van der Waals surface area contributed by atoms with Gasteiger partial charge in [0.2, 0.25) is 5.88 Å². The minimum atomic E-state index is 0.721. The summed E-state index contributed by atoms with van der Waals surface area (Å²) < 4.78 is 6.01. The zero-order valence-electron chi connectivity index (χ0n) is 12.7. The zero-order chi connectivity index (χ0) is 13.9. The lowest BCUT2D eigenvalue weighted by Gasteiger charge is -2.25. The van der Waals surface area contributed by atoms with Gasteiger partial charge < -0.3 is 10.1 Å². The molecule has 1 aromatic heterocycles. The maximum Gasteiger partial charge on any atom is 0.218 e. The summed E-state index contributed by atoms with van der Waals surface area (Å²) in [5.41, 5.74) is 3.59. The van der Waals surface area contributed by atoms with Crippen molar-refractivity contribution in [2.75, 3.05) is 6.61 Å². The van der Waals surface area contributed by atoms with Crippen LogP contribution >= 0.6 is 0 Å². The van der Waals surface area contributed by atoms with Crippen molar-refractivity contribution >= 4 is 0 Å². The van der Waals surface area contributed by atoms with E-state index in [-0.39, 0.29) is 0 Å². The minimum Gasteiger partial charge on any atom is -0.477 e. The molecule has 0 bridgehead atoms. The molecule has 110 valence electrons. The highest BCUT2D eigenvalue weighted by atomic mass is 16.5. The first kappa shape index (κ1) is 13.9. The van der Waals surface area contributed by atoms with E-state index in [0.717, 1.165) is 36.7 Å². The van der Waals surface area contributed by atoms with Crippen molar-refractivity contribution in [3.8, 4) is 5.88 Å². The maximum absolute atomic E-state index is 6.01. The van der Waals surface area contributed by atoms with Gasteiger partial charge in [0.25, 0.3) is 0 Å². The number of rotatable bonds is 7. The van der Waals surface area contributed by atoms with Gasteiger partial charge in [-0.05, 0) is 50.7 Å². The molecule has 0 aromatic carbocycles. The summed E-state index contributed by atoms with van der Waals surface area (Å²) in [5, 5.41) is 3.58. The summed E-state index contributed by atoms with van der Waals surface area (Å²) in [5.74, 6) is 1.75. The van der Waals surface area contributed by atoms with Crippen LogP contribution in [0.15, 0.2) is 6.07 Å². The number of pyridine rings is 1. The van der Waals surface area contributed by atoms with Crippen molar-refractivity contribution in [1.29, 1.82) is 0 Å². The number of ether oxygens (including phenoxy) is 1. The molecule has 2 fully saturated rings. The van der Waals surface area contributed by atoms with E-state index in [1.54, 1.807) is 0 Å². The highest BCUT2D eigenvalue weighted by Crippen LogP contribution is 2.30. The van der Waals surface area contributed by atoms with Crippen LogP contribution in [0.2, 0.25) is 0 Å². The lowest BCUT2D eigenvalue weighted by Crippen LogP contribution is -2.19. The third kappa shape index (κ3) is 3.51. The van der Waals surface area contributed by atoms with Gasteiger partial charge in [-0.25, -0.2) is 4.98 Å². The van der Waals surface area contributed by atoms with Gasteiger partial charge in [0.1, 0.15) is 0 Å². The Labute approximate surface area is 122 Å². The quantitative estimate of drug-likeness (QED) is 0.826. The predicted molar refractivity (Wildman–Crippen MR) is 81.0 cm³/mol. The molecular formula is C17H26N2O. The van der Waals surface area contributed by atoms with Crippen molar-refractivity contribution in [1.82, 2.24) is 10.3 Å². The van der Waals surface area contributed by atoms with E-state index in [0.29, 0.717) is 0 Å². The fourth-order valence-corrected chi connectivity index (χ4v) is 2.80. The van der Waals surface area contributed by atoms with E-state index >= 15 is 0 Å². The first-order valence-electron chi connectivity index (χ1n) is 8.05. The molecule has 3 heteroatoms. The van der Waals surface area contributed by atoms with Gasteiger partial charge in [0, 0.05) is 23.8 Å². The molecule has 3 rings (SSSR count). The van der Waals surface area contributed by atoms with E-state index < -0.39 is 0 Å². The van der Waals surface area contributed by atoms with Crippen LogP contribution in [-0.2, 0) is 6.54 Å². The van der Waals surface area contributed by atoms with Crippen LogP contribution in [0.1, 0.15) is 55.3 Å². The largest absolute Gasteiger partial charge is 0.477 e. The average Bonchev–Trinajstić information content (AvgIpc) is 3.15. The summed E-state index contributed by atoms with van der Waals surface area (Å²) >= 11 is 0. The monoisotopic (exact) mass is 274 g/mol. The predicted octanol–water partition coefficient (Wildman–Crippen LogP) is 3.52. The van der Waals surface area contributed by atoms with Crippen LogP contribution < -0.4 is 10.1 Å². The molecule has 3 nitrogen and oxygen atoms in total. The van der Waals surface area contributed by atoms with Crippen LogP contribution in [0.25, 0.3) is 0 Å². The standard InChI is InChI=1S/C17H26N2O/c1-12-10-13(2)19-17(16(12)11-18-15-6-7-15)20-9-8-14-4-3-5-14/h10,14-15,18H,3-9,11H2,1-2H3. The Kier molecular flexibility index (Phi) is 4.25. The van der Waals surface area contributed by atoms with E-state index in [9.17, 15) is 0 Å². The fraction of sp³-hybridized carbons (Fsp3) is 0.706. The molecule has 2 aliphatic rings. The molecule has 2 aliphatic carbocycles. The Bertz CT molecular complexity index is 464. The van der Waals surface area contributed by atoms with Crippen LogP contribution in [-0.4, -0.2) is 17.6 Å². The third-order valence-electron chi connectivity index (χ3n) is 4.57. The second kappa shape index (κ2) is 6.13. The van der Waals surface area contributed by atoms with Gasteiger partial charge >= 0.3 is 0 Å². The van der Waals surface area contributed by atoms with Crippen LogP contribution in [0.5, 0.6) is 5.88 Å².